The molecule has 14 heavy (non-hydrogen) atoms. The Morgan fingerprint density at radius 2 is 2.00 bits per heavy atom. The van der Waals surface area contributed by atoms with E-state index in [0.29, 0.717) is 0 Å². The number of rotatable bonds is 5. The van der Waals surface area contributed by atoms with Gasteiger partial charge in [-0.1, -0.05) is 0 Å². The topological polar surface area (TPSA) is 92.7 Å². The number of nitrogens with one attached hydrogen (secondary N) is 1. The fourth-order valence-corrected chi connectivity index (χ4v) is 1.30. The van der Waals surface area contributed by atoms with E-state index < -0.39 is 27.3 Å². The average Bonchev–Trinajstić information content (AvgIpc) is 2.12. The first-order valence-electron chi connectivity index (χ1n) is 4.05. The number of ether oxygens (including phenoxy) is 1. The minimum atomic E-state index is -3.45. The molecule has 0 aromatic carbocycles. The first kappa shape index (κ1) is 13.3. The van der Waals surface area contributed by atoms with Gasteiger partial charge in [-0.2, -0.15) is 0 Å². The van der Waals surface area contributed by atoms with Crippen LogP contribution in [-0.2, 0) is 19.6 Å². The van der Waals surface area contributed by atoms with Crippen LogP contribution in [0.25, 0.3) is 0 Å². The maximum atomic E-state index is 11.2. The zero-order valence-corrected chi connectivity index (χ0v) is 9.17. The molecule has 7 heteroatoms. The summed E-state index contributed by atoms with van der Waals surface area (Å²) in [5.41, 5.74) is 0. The van der Waals surface area contributed by atoms with Crippen molar-refractivity contribution in [1.29, 1.82) is 0 Å². The SMILES string of the molecule is COC(=O)C(O)CNS(=O)(=O)C(C)C. The summed E-state index contributed by atoms with van der Waals surface area (Å²) < 4.78 is 28.7. The monoisotopic (exact) mass is 225 g/mol. The van der Waals surface area contributed by atoms with Gasteiger partial charge in [-0.25, -0.2) is 17.9 Å². The lowest BCUT2D eigenvalue weighted by Crippen LogP contribution is -2.40. The molecule has 0 rings (SSSR count). The summed E-state index contributed by atoms with van der Waals surface area (Å²) in [4.78, 5) is 10.7. The molecular weight excluding hydrogens is 210 g/mol. The summed E-state index contributed by atoms with van der Waals surface area (Å²) in [7, 11) is -2.34. The van der Waals surface area contributed by atoms with Crippen molar-refractivity contribution in [3.05, 3.63) is 0 Å². The Balaban J connectivity index is 4.14. The summed E-state index contributed by atoms with van der Waals surface area (Å²) in [5, 5.41) is 8.46. The fraction of sp³-hybridized carbons (Fsp3) is 0.857. The van der Waals surface area contributed by atoms with Gasteiger partial charge in [0, 0.05) is 6.54 Å². The lowest BCUT2D eigenvalue weighted by Gasteiger charge is -2.12. The van der Waals surface area contributed by atoms with Crippen molar-refractivity contribution in [2.75, 3.05) is 13.7 Å². The highest BCUT2D eigenvalue weighted by molar-refractivity contribution is 7.90. The van der Waals surface area contributed by atoms with Gasteiger partial charge in [0.05, 0.1) is 12.4 Å². The first-order chi connectivity index (χ1) is 6.31. The largest absolute Gasteiger partial charge is 0.467 e. The molecule has 0 heterocycles. The van der Waals surface area contributed by atoms with Gasteiger partial charge in [-0.15, -0.1) is 0 Å². The molecule has 6 nitrogen and oxygen atoms in total. The molecule has 1 atom stereocenters. The van der Waals surface area contributed by atoms with E-state index in [9.17, 15) is 13.2 Å². The summed E-state index contributed by atoms with van der Waals surface area (Å²) in [5.74, 6) is -0.864. The fourth-order valence-electron chi connectivity index (χ4n) is 0.581. The van der Waals surface area contributed by atoms with Gasteiger partial charge < -0.3 is 9.84 Å². The second kappa shape index (κ2) is 5.28. The van der Waals surface area contributed by atoms with Crippen LogP contribution in [0.5, 0.6) is 0 Å². The van der Waals surface area contributed by atoms with Crippen LogP contribution < -0.4 is 4.72 Å². The number of esters is 1. The molecule has 84 valence electrons. The lowest BCUT2D eigenvalue weighted by molar-refractivity contribution is -0.149. The van der Waals surface area contributed by atoms with Crippen molar-refractivity contribution in [2.45, 2.75) is 25.2 Å². The van der Waals surface area contributed by atoms with E-state index in [2.05, 4.69) is 9.46 Å². The molecule has 0 radical (unpaired) electrons. The molecule has 0 bridgehead atoms. The van der Waals surface area contributed by atoms with Gasteiger partial charge >= 0.3 is 5.97 Å². The molecule has 0 fully saturated rings. The Labute approximate surface area is 83.3 Å². The van der Waals surface area contributed by atoms with Gasteiger partial charge in [-0.05, 0) is 13.8 Å². The van der Waals surface area contributed by atoms with Gasteiger partial charge in [0.2, 0.25) is 10.0 Å². The van der Waals surface area contributed by atoms with E-state index in [1.807, 2.05) is 0 Å². The van der Waals surface area contributed by atoms with Gasteiger partial charge in [0.15, 0.2) is 6.10 Å². The van der Waals surface area contributed by atoms with Crippen molar-refractivity contribution >= 4 is 16.0 Å². The van der Waals surface area contributed by atoms with Crippen LogP contribution in [0.2, 0.25) is 0 Å². The Morgan fingerprint density at radius 3 is 2.36 bits per heavy atom. The Hall–Kier alpha value is -0.660. The molecule has 0 aliphatic carbocycles. The molecule has 0 aliphatic rings. The second-order valence-electron chi connectivity index (χ2n) is 2.98. The van der Waals surface area contributed by atoms with Crippen molar-refractivity contribution in [3.8, 4) is 0 Å². The third kappa shape index (κ3) is 4.03. The number of sulfonamides is 1. The third-order valence-corrected chi connectivity index (χ3v) is 3.38. The zero-order chi connectivity index (χ0) is 11.4. The number of carbonyl (C=O) groups is 1. The van der Waals surface area contributed by atoms with E-state index in [0.717, 1.165) is 7.11 Å². The number of hydrogen-bond donors (Lipinski definition) is 2. The van der Waals surface area contributed by atoms with Crippen LogP contribution in [0.3, 0.4) is 0 Å². The Kier molecular flexibility index (Phi) is 5.03. The molecule has 0 saturated heterocycles. The van der Waals surface area contributed by atoms with E-state index in [1.54, 1.807) is 0 Å². The lowest BCUT2D eigenvalue weighted by atomic mass is 10.4. The smallest absolute Gasteiger partial charge is 0.336 e. The maximum absolute atomic E-state index is 11.2. The highest BCUT2D eigenvalue weighted by Gasteiger charge is 2.20. The standard InChI is InChI=1S/C7H15NO5S/c1-5(2)14(11,12)8-4-6(9)7(10)13-3/h5-6,8-9H,4H2,1-3H3. The van der Waals surface area contributed by atoms with Crippen molar-refractivity contribution < 1.29 is 23.1 Å². The molecule has 2 N–H and O–H groups in total. The van der Waals surface area contributed by atoms with E-state index >= 15 is 0 Å². The highest BCUT2D eigenvalue weighted by atomic mass is 32.2. The van der Waals surface area contributed by atoms with Crippen LogP contribution in [0.15, 0.2) is 0 Å². The predicted molar refractivity (Wildman–Crippen MR) is 50.1 cm³/mol. The van der Waals surface area contributed by atoms with E-state index in [4.69, 9.17) is 5.11 Å². The molecule has 0 aromatic heterocycles. The predicted octanol–water partition coefficient (Wildman–Crippen LogP) is -1.15. The normalized spacial score (nSPS) is 14.1. The van der Waals surface area contributed by atoms with Crippen molar-refractivity contribution in [2.24, 2.45) is 0 Å². The van der Waals surface area contributed by atoms with Crippen LogP contribution in [0, 0.1) is 0 Å². The molecule has 0 aliphatic heterocycles. The number of carbonyl (C=O) groups excluding carboxylic acids is 1. The van der Waals surface area contributed by atoms with Gasteiger partial charge in [0.1, 0.15) is 0 Å². The van der Waals surface area contributed by atoms with Crippen LogP contribution in [0.1, 0.15) is 13.8 Å². The molecule has 0 spiro atoms. The summed E-state index contributed by atoms with van der Waals surface area (Å²) >= 11 is 0. The number of aliphatic hydroxyl groups excluding tert-OH is 1. The van der Waals surface area contributed by atoms with Crippen LogP contribution in [0.4, 0.5) is 0 Å². The van der Waals surface area contributed by atoms with Crippen molar-refractivity contribution in [3.63, 3.8) is 0 Å². The molecule has 0 saturated carbocycles. The summed E-state index contributed by atoms with van der Waals surface area (Å²) in [6.45, 7) is 2.62. The third-order valence-electron chi connectivity index (χ3n) is 1.57. The molecular formula is C7H15NO5S. The Morgan fingerprint density at radius 1 is 1.50 bits per heavy atom. The minimum absolute atomic E-state index is 0.368. The molecule has 1 unspecified atom stereocenters. The quantitative estimate of drug-likeness (QED) is 0.576. The van der Waals surface area contributed by atoms with Gasteiger partial charge in [0.25, 0.3) is 0 Å². The summed E-state index contributed by atoms with van der Waals surface area (Å²) in [6, 6.07) is 0. The summed E-state index contributed by atoms with van der Waals surface area (Å²) in [6.07, 6.45) is -1.46. The van der Waals surface area contributed by atoms with E-state index in [-0.39, 0.29) is 6.54 Å². The molecule has 0 aromatic rings. The second-order valence-corrected chi connectivity index (χ2v) is 5.30. The number of hydrogen-bond acceptors (Lipinski definition) is 5. The van der Waals surface area contributed by atoms with Crippen LogP contribution in [-0.4, -0.2) is 44.5 Å². The zero-order valence-electron chi connectivity index (χ0n) is 8.35. The van der Waals surface area contributed by atoms with E-state index in [1.165, 1.54) is 13.8 Å². The number of aliphatic hydroxyl groups is 1. The van der Waals surface area contributed by atoms with Gasteiger partial charge in [-0.3, -0.25) is 0 Å². The van der Waals surface area contributed by atoms with Crippen molar-refractivity contribution in [1.82, 2.24) is 4.72 Å². The Bertz CT molecular complexity index is 284. The maximum Gasteiger partial charge on any atom is 0.336 e. The molecule has 0 amide bonds. The van der Waals surface area contributed by atoms with Crippen LogP contribution >= 0.6 is 0 Å². The number of methoxy groups -OCH3 is 1. The highest BCUT2D eigenvalue weighted by Crippen LogP contribution is 1.96. The average molecular weight is 225 g/mol. The minimum Gasteiger partial charge on any atom is -0.467 e. The first-order valence-corrected chi connectivity index (χ1v) is 5.60.